The van der Waals surface area contributed by atoms with Crippen LogP contribution in [0.1, 0.15) is 12.0 Å². The zero-order valence-electron chi connectivity index (χ0n) is 11.4. The van der Waals surface area contributed by atoms with Crippen LogP contribution in [0.2, 0.25) is 0 Å². The molecule has 1 heterocycles. The van der Waals surface area contributed by atoms with E-state index in [0.717, 1.165) is 23.5 Å². The number of hydrogen-bond donors (Lipinski definition) is 1. The topological polar surface area (TPSA) is 49.4 Å². The van der Waals surface area contributed by atoms with Crippen LogP contribution >= 0.6 is 27.7 Å². The molecule has 7 heteroatoms. The number of thioether (sulfide) groups is 1. The highest BCUT2D eigenvalue weighted by Gasteiger charge is 2.27. The number of nitrogens with zero attached hydrogens (tertiary/aromatic N) is 1. The lowest BCUT2D eigenvalue weighted by Gasteiger charge is -2.21. The monoisotopic (exact) mass is 378 g/mol. The van der Waals surface area contributed by atoms with E-state index in [1.165, 1.54) is 0 Å². The minimum Gasteiger partial charge on any atom is -0.316 e. The third-order valence-electron chi connectivity index (χ3n) is 3.18. The first-order valence-electron chi connectivity index (χ1n) is 6.56. The number of hydrogen-bond acceptors (Lipinski definition) is 4. The van der Waals surface area contributed by atoms with Gasteiger partial charge in [-0.25, -0.2) is 8.42 Å². The maximum atomic E-state index is 12.8. The van der Waals surface area contributed by atoms with E-state index in [1.54, 1.807) is 10.4 Å². The second kappa shape index (κ2) is 7.26. The molecule has 1 aliphatic heterocycles. The molecule has 0 aliphatic carbocycles. The zero-order chi connectivity index (χ0) is 14.6. The van der Waals surface area contributed by atoms with Gasteiger partial charge < -0.3 is 5.32 Å². The summed E-state index contributed by atoms with van der Waals surface area (Å²) in [7, 11) is -1.56. The molecule has 4 nitrogen and oxygen atoms in total. The van der Waals surface area contributed by atoms with Gasteiger partial charge in [0.2, 0.25) is 10.0 Å². The fraction of sp³-hybridized carbons (Fsp3) is 0.538. The molecule has 112 valence electrons. The molecule has 0 saturated carbocycles. The first-order chi connectivity index (χ1) is 9.55. The summed E-state index contributed by atoms with van der Waals surface area (Å²) in [6.45, 7) is 1.86. The van der Waals surface area contributed by atoms with Crippen molar-refractivity contribution in [1.29, 1.82) is 0 Å². The fourth-order valence-corrected chi connectivity index (χ4v) is 5.62. The second-order valence-corrected chi connectivity index (χ2v) is 8.65. The van der Waals surface area contributed by atoms with Gasteiger partial charge in [0.1, 0.15) is 0 Å². The van der Waals surface area contributed by atoms with Crippen molar-refractivity contribution in [1.82, 2.24) is 9.62 Å². The van der Waals surface area contributed by atoms with Crippen molar-refractivity contribution in [3.8, 4) is 0 Å². The minimum atomic E-state index is -3.41. The lowest BCUT2D eigenvalue weighted by molar-refractivity contribution is 0.434. The minimum absolute atomic E-state index is 0.372. The Hall–Kier alpha value is -0.0800. The maximum Gasteiger partial charge on any atom is 0.244 e. The van der Waals surface area contributed by atoms with E-state index in [0.29, 0.717) is 29.0 Å². The van der Waals surface area contributed by atoms with E-state index in [1.807, 2.05) is 30.9 Å². The van der Waals surface area contributed by atoms with E-state index in [9.17, 15) is 8.42 Å². The SMILES string of the molecule is CNCc1ccc(Br)c(S(=O)(=O)N2CCCSCC2)c1. The molecule has 1 N–H and O–H groups in total. The van der Waals surface area contributed by atoms with Crippen molar-refractivity contribution >= 4 is 37.7 Å². The van der Waals surface area contributed by atoms with Gasteiger partial charge in [-0.1, -0.05) is 6.07 Å². The normalized spacial score (nSPS) is 17.9. The van der Waals surface area contributed by atoms with Crippen LogP contribution in [0, 0.1) is 0 Å². The van der Waals surface area contributed by atoms with Crippen molar-refractivity contribution in [2.45, 2.75) is 17.9 Å². The van der Waals surface area contributed by atoms with E-state index in [4.69, 9.17) is 0 Å². The standard InChI is InChI=1S/C13H19BrN2O2S2/c1-15-10-11-3-4-12(14)13(9-11)20(17,18)16-5-2-7-19-8-6-16/h3-4,9,15H,2,5-8,10H2,1H3. The Bertz CT molecular complexity index is 555. The lowest BCUT2D eigenvalue weighted by Crippen LogP contribution is -2.33. The molecule has 1 aromatic carbocycles. The zero-order valence-corrected chi connectivity index (χ0v) is 14.7. The molecular weight excluding hydrogens is 360 g/mol. The van der Waals surface area contributed by atoms with E-state index < -0.39 is 10.0 Å². The molecule has 1 fully saturated rings. The molecule has 2 rings (SSSR count). The summed E-state index contributed by atoms with van der Waals surface area (Å²) < 4.78 is 27.8. The highest BCUT2D eigenvalue weighted by Crippen LogP contribution is 2.27. The predicted octanol–water partition coefficient (Wildman–Crippen LogP) is 2.30. The molecule has 0 amide bonds. The van der Waals surface area contributed by atoms with Gasteiger partial charge in [0.25, 0.3) is 0 Å². The average Bonchev–Trinajstić information content (AvgIpc) is 2.70. The molecule has 0 unspecified atom stereocenters. The maximum absolute atomic E-state index is 12.8. The molecule has 20 heavy (non-hydrogen) atoms. The summed E-state index contributed by atoms with van der Waals surface area (Å²) in [6.07, 6.45) is 0.914. The van der Waals surface area contributed by atoms with Gasteiger partial charge in [-0.15, -0.1) is 0 Å². The van der Waals surface area contributed by atoms with Crippen LogP contribution in [0.15, 0.2) is 27.6 Å². The van der Waals surface area contributed by atoms with E-state index in [2.05, 4.69) is 21.2 Å². The molecule has 0 aromatic heterocycles. The molecule has 0 atom stereocenters. The Morgan fingerprint density at radius 3 is 2.90 bits per heavy atom. The molecule has 1 saturated heterocycles. The summed E-state index contributed by atoms with van der Waals surface area (Å²) in [4.78, 5) is 0.372. The lowest BCUT2D eigenvalue weighted by atomic mass is 10.2. The Kier molecular flexibility index (Phi) is 5.92. The smallest absolute Gasteiger partial charge is 0.244 e. The van der Waals surface area contributed by atoms with Gasteiger partial charge in [0.05, 0.1) is 4.90 Å². The third kappa shape index (κ3) is 3.76. The quantitative estimate of drug-likeness (QED) is 0.872. The molecular formula is C13H19BrN2O2S2. The van der Waals surface area contributed by atoms with Gasteiger partial charge in [-0.2, -0.15) is 16.1 Å². The van der Waals surface area contributed by atoms with E-state index in [-0.39, 0.29) is 0 Å². The van der Waals surface area contributed by atoms with Crippen LogP contribution in [0.5, 0.6) is 0 Å². The number of nitrogens with one attached hydrogen (secondary N) is 1. The van der Waals surface area contributed by atoms with Crippen molar-refractivity contribution in [2.24, 2.45) is 0 Å². The van der Waals surface area contributed by atoms with Crippen LogP contribution in [0.4, 0.5) is 0 Å². The van der Waals surface area contributed by atoms with Crippen LogP contribution < -0.4 is 5.32 Å². The first kappa shape index (κ1) is 16.3. The second-order valence-electron chi connectivity index (χ2n) is 4.67. The Morgan fingerprint density at radius 1 is 1.35 bits per heavy atom. The highest BCUT2D eigenvalue weighted by atomic mass is 79.9. The summed E-state index contributed by atoms with van der Waals surface area (Å²) >= 11 is 5.19. The molecule has 0 radical (unpaired) electrons. The summed E-state index contributed by atoms with van der Waals surface area (Å²) in [6, 6.07) is 5.50. The Balaban J connectivity index is 2.34. The molecule has 1 aliphatic rings. The summed E-state index contributed by atoms with van der Waals surface area (Å²) in [5.74, 6) is 1.90. The summed E-state index contributed by atoms with van der Waals surface area (Å²) in [5, 5.41) is 3.04. The van der Waals surface area contributed by atoms with Crippen LogP contribution in [0.3, 0.4) is 0 Å². The predicted molar refractivity (Wildman–Crippen MR) is 87.6 cm³/mol. The first-order valence-corrected chi connectivity index (χ1v) is 9.95. The third-order valence-corrected chi connectivity index (χ3v) is 7.12. The fourth-order valence-electron chi connectivity index (χ4n) is 2.16. The van der Waals surface area contributed by atoms with Crippen molar-refractivity contribution in [2.75, 3.05) is 31.6 Å². The summed E-state index contributed by atoms with van der Waals surface area (Å²) in [5.41, 5.74) is 0.971. The number of sulfonamides is 1. The van der Waals surface area contributed by atoms with Gasteiger partial charge in [0, 0.05) is 29.9 Å². The average molecular weight is 379 g/mol. The molecule has 0 bridgehead atoms. The van der Waals surface area contributed by atoms with Gasteiger partial charge in [-0.05, 0) is 52.8 Å². The highest BCUT2D eigenvalue weighted by molar-refractivity contribution is 9.10. The van der Waals surface area contributed by atoms with Crippen LogP contribution in [-0.4, -0.2) is 44.4 Å². The van der Waals surface area contributed by atoms with E-state index >= 15 is 0 Å². The molecule has 0 spiro atoms. The van der Waals surface area contributed by atoms with Gasteiger partial charge in [-0.3, -0.25) is 0 Å². The van der Waals surface area contributed by atoms with Crippen molar-refractivity contribution < 1.29 is 8.42 Å². The molecule has 1 aromatic rings. The number of rotatable bonds is 4. The van der Waals surface area contributed by atoms with Crippen molar-refractivity contribution in [3.05, 3.63) is 28.2 Å². The van der Waals surface area contributed by atoms with Gasteiger partial charge in [0.15, 0.2) is 0 Å². The van der Waals surface area contributed by atoms with Crippen LogP contribution in [-0.2, 0) is 16.6 Å². The number of benzene rings is 1. The Morgan fingerprint density at radius 2 is 2.15 bits per heavy atom. The largest absolute Gasteiger partial charge is 0.316 e. The Labute approximate surface area is 133 Å². The van der Waals surface area contributed by atoms with Gasteiger partial charge >= 0.3 is 0 Å². The van der Waals surface area contributed by atoms with Crippen molar-refractivity contribution in [3.63, 3.8) is 0 Å². The number of halogens is 1. The van der Waals surface area contributed by atoms with Crippen LogP contribution in [0.25, 0.3) is 0 Å².